The topological polar surface area (TPSA) is 0 Å². The van der Waals surface area contributed by atoms with Crippen molar-refractivity contribution in [2.45, 2.75) is 38.5 Å². The molecule has 0 amide bonds. The third-order valence-corrected chi connectivity index (χ3v) is 7.64. The van der Waals surface area contributed by atoms with Crippen LogP contribution >= 0.6 is 11.3 Å². The molecular formula is C28H20F6S. The highest BCUT2D eigenvalue weighted by atomic mass is 32.1. The van der Waals surface area contributed by atoms with Crippen LogP contribution in [0.4, 0.5) is 26.3 Å². The van der Waals surface area contributed by atoms with E-state index in [0.29, 0.717) is 15.8 Å². The highest BCUT2D eigenvalue weighted by Crippen LogP contribution is 2.66. The van der Waals surface area contributed by atoms with Gasteiger partial charge in [-0.2, -0.15) is 26.3 Å². The van der Waals surface area contributed by atoms with E-state index in [1.165, 1.54) is 32.0 Å². The number of alkyl halides is 6. The summed E-state index contributed by atoms with van der Waals surface area (Å²) in [6, 6.07) is 18.1. The predicted molar refractivity (Wildman–Crippen MR) is 130 cm³/mol. The first-order valence-corrected chi connectivity index (χ1v) is 11.7. The van der Waals surface area contributed by atoms with Crippen molar-refractivity contribution < 1.29 is 26.3 Å². The fourth-order valence-electron chi connectivity index (χ4n) is 4.79. The maximum Gasteiger partial charge on any atom is 0.380 e. The van der Waals surface area contributed by atoms with E-state index in [1.54, 1.807) is 36.4 Å². The van der Waals surface area contributed by atoms with Gasteiger partial charge in [-0.05, 0) is 59.9 Å². The van der Waals surface area contributed by atoms with E-state index in [0.717, 1.165) is 16.9 Å². The summed E-state index contributed by atoms with van der Waals surface area (Å²) in [4.78, 5) is 0.803. The fraction of sp³-hybridized carbons (Fsp3) is 0.214. The lowest BCUT2D eigenvalue weighted by Gasteiger charge is -2.26. The van der Waals surface area contributed by atoms with Gasteiger partial charge in [-0.25, -0.2) is 0 Å². The lowest BCUT2D eigenvalue weighted by Crippen LogP contribution is -2.49. The number of benzene rings is 3. The maximum absolute atomic E-state index is 15.4. The molecule has 180 valence electrons. The van der Waals surface area contributed by atoms with E-state index in [1.807, 2.05) is 19.1 Å². The summed E-state index contributed by atoms with van der Waals surface area (Å²) in [5.74, 6) is -15.8. The number of hydrogen-bond acceptors (Lipinski definition) is 1. The smallest absolute Gasteiger partial charge is 0.194 e. The molecule has 3 aromatic carbocycles. The number of fused-ring (bicyclic) bond motifs is 1. The Hall–Kier alpha value is -3.06. The molecular weight excluding hydrogens is 482 g/mol. The van der Waals surface area contributed by atoms with Crippen LogP contribution < -0.4 is 0 Å². The molecule has 35 heavy (non-hydrogen) atoms. The van der Waals surface area contributed by atoms with Gasteiger partial charge in [0.2, 0.25) is 0 Å². The summed E-state index contributed by atoms with van der Waals surface area (Å²) in [5.41, 5.74) is -1.33. The van der Waals surface area contributed by atoms with Crippen LogP contribution in [-0.2, 0) is 0 Å². The van der Waals surface area contributed by atoms with E-state index >= 15 is 17.6 Å². The summed E-state index contributed by atoms with van der Waals surface area (Å²) in [6.45, 7) is 4.82. The van der Waals surface area contributed by atoms with Crippen LogP contribution in [0.2, 0.25) is 0 Å². The summed E-state index contributed by atoms with van der Waals surface area (Å²) < 4.78 is 91.5. The van der Waals surface area contributed by atoms with Crippen molar-refractivity contribution in [3.63, 3.8) is 0 Å². The van der Waals surface area contributed by atoms with Crippen LogP contribution in [0.15, 0.2) is 66.7 Å². The minimum Gasteiger partial charge on any atom is -0.194 e. The minimum absolute atomic E-state index is 0.219. The molecule has 0 N–H and O–H groups in total. The molecule has 0 spiro atoms. The van der Waals surface area contributed by atoms with Gasteiger partial charge in [-0.15, -0.1) is 11.3 Å². The molecule has 0 bridgehead atoms. The Bertz CT molecular complexity index is 1510. The average Bonchev–Trinajstić information content (AvgIpc) is 3.22. The van der Waals surface area contributed by atoms with Crippen molar-refractivity contribution in [1.82, 2.24) is 0 Å². The van der Waals surface area contributed by atoms with Crippen LogP contribution in [0.1, 0.15) is 27.1 Å². The Morgan fingerprint density at radius 1 is 0.686 bits per heavy atom. The van der Waals surface area contributed by atoms with Crippen LogP contribution in [0, 0.1) is 20.8 Å². The second-order valence-electron chi connectivity index (χ2n) is 8.90. The van der Waals surface area contributed by atoms with E-state index in [-0.39, 0.29) is 27.0 Å². The molecule has 4 aromatic rings. The molecule has 0 saturated heterocycles. The third-order valence-electron chi connectivity index (χ3n) is 6.54. The number of aryl methyl sites for hydroxylation is 3. The van der Waals surface area contributed by atoms with Gasteiger partial charge in [0.1, 0.15) is 0 Å². The zero-order chi connectivity index (χ0) is 25.3. The molecule has 1 aromatic heterocycles. The standard InChI is InChI=1S/C28H20F6S/c1-15-7-6-9-19(13-15)22-14-21(17(3)35-22)24-25(27(31,32)28(33,34)26(24,29)30)23-16(2)11-12-18-8-4-5-10-20(18)23/h4-14H,1-3H3. The molecule has 1 aliphatic carbocycles. The number of hydrogen-bond donors (Lipinski definition) is 0. The molecule has 0 atom stereocenters. The van der Waals surface area contributed by atoms with Gasteiger partial charge < -0.3 is 0 Å². The maximum atomic E-state index is 15.4. The van der Waals surface area contributed by atoms with Crippen molar-refractivity contribution in [2.75, 3.05) is 0 Å². The molecule has 0 radical (unpaired) electrons. The lowest BCUT2D eigenvalue weighted by atomic mass is 9.88. The molecule has 0 saturated carbocycles. The molecule has 0 nitrogen and oxygen atoms in total. The van der Waals surface area contributed by atoms with Crippen molar-refractivity contribution in [2.24, 2.45) is 0 Å². The summed E-state index contributed by atoms with van der Waals surface area (Å²) in [5, 5.41) is 0.719. The second kappa shape index (κ2) is 7.72. The zero-order valence-electron chi connectivity index (χ0n) is 19.0. The second-order valence-corrected chi connectivity index (χ2v) is 10.2. The third kappa shape index (κ3) is 3.28. The number of halogens is 6. The first-order valence-electron chi connectivity index (χ1n) is 10.9. The normalized spacial score (nSPS) is 18.4. The monoisotopic (exact) mass is 502 g/mol. The van der Waals surface area contributed by atoms with Gasteiger partial charge >= 0.3 is 17.8 Å². The lowest BCUT2D eigenvalue weighted by molar-refractivity contribution is -0.254. The Balaban J connectivity index is 1.89. The summed E-state index contributed by atoms with van der Waals surface area (Å²) in [7, 11) is 0. The van der Waals surface area contributed by atoms with Gasteiger partial charge in [0.15, 0.2) is 0 Å². The van der Waals surface area contributed by atoms with Crippen LogP contribution in [0.5, 0.6) is 0 Å². The van der Waals surface area contributed by atoms with Gasteiger partial charge in [-0.3, -0.25) is 0 Å². The minimum atomic E-state index is -5.59. The summed E-state index contributed by atoms with van der Waals surface area (Å²) in [6.07, 6.45) is 0. The van der Waals surface area contributed by atoms with Crippen molar-refractivity contribution >= 4 is 33.3 Å². The molecule has 5 rings (SSSR count). The van der Waals surface area contributed by atoms with Crippen LogP contribution in [0.25, 0.3) is 32.4 Å². The predicted octanol–water partition coefficient (Wildman–Crippen LogP) is 9.32. The molecule has 1 heterocycles. The zero-order valence-corrected chi connectivity index (χ0v) is 19.8. The molecule has 0 aliphatic heterocycles. The molecule has 7 heteroatoms. The Morgan fingerprint density at radius 2 is 1.37 bits per heavy atom. The molecule has 0 unspecified atom stereocenters. The summed E-state index contributed by atoms with van der Waals surface area (Å²) >= 11 is 1.11. The Labute approximate surface area is 202 Å². The fourth-order valence-corrected chi connectivity index (χ4v) is 5.82. The quantitative estimate of drug-likeness (QED) is 0.245. The highest BCUT2D eigenvalue weighted by Gasteiger charge is 2.80. The van der Waals surface area contributed by atoms with E-state index in [9.17, 15) is 8.78 Å². The largest absolute Gasteiger partial charge is 0.380 e. The Morgan fingerprint density at radius 3 is 2.09 bits per heavy atom. The van der Waals surface area contributed by atoms with Gasteiger partial charge in [0.05, 0.1) is 0 Å². The van der Waals surface area contributed by atoms with Gasteiger partial charge in [0.25, 0.3) is 0 Å². The van der Waals surface area contributed by atoms with Crippen molar-refractivity contribution in [3.05, 3.63) is 93.9 Å². The number of allylic oxidation sites excluding steroid dienone is 2. The van der Waals surface area contributed by atoms with E-state index in [2.05, 4.69) is 0 Å². The van der Waals surface area contributed by atoms with E-state index in [4.69, 9.17) is 0 Å². The Kier molecular flexibility index (Phi) is 5.22. The molecule has 1 aliphatic rings. The van der Waals surface area contributed by atoms with E-state index < -0.39 is 28.9 Å². The van der Waals surface area contributed by atoms with Crippen LogP contribution in [0.3, 0.4) is 0 Å². The van der Waals surface area contributed by atoms with Crippen LogP contribution in [-0.4, -0.2) is 17.8 Å². The van der Waals surface area contributed by atoms with Gasteiger partial charge in [-0.1, -0.05) is 66.2 Å². The molecule has 0 fully saturated rings. The average molecular weight is 503 g/mol. The van der Waals surface area contributed by atoms with Crippen molar-refractivity contribution in [1.29, 1.82) is 0 Å². The highest BCUT2D eigenvalue weighted by molar-refractivity contribution is 7.15. The first kappa shape index (κ1) is 23.7. The SMILES string of the molecule is Cc1cccc(-c2cc(C3=C(c4c(C)ccc5ccccc45)C(F)(F)C(F)(F)C3(F)F)c(C)s2)c1. The number of rotatable bonds is 3. The van der Waals surface area contributed by atoms with Gasteiger partial charge in [0, 0.05) is 20.9 Å². The van der Waals surface area contributed by atoms with Crippen molar-refractivity contribution in [3.8, 4) is 10.4 Å². The first-order chi connectivity index (χ1) is 16.4. The number of thiophene rings is 1.